The first-order valence-corrected chi connectivity index (χ1v) is 11.4. The van der Waals surface area contributed by atoms with Gasteiger partial charge in [0.2, 0.25) is 5.91 Å². The molecule has 0 radical (unpaired) electrons. The molecule has 1 heterocycles. The minimum Gasteiger partial charge on any atom is -0.497 e. The number of nitrogens with zero attached hydrogens (tertiary/aromatic N) is 2. The molecule has 3 aromatic rings. The number of sulfonamides is 1. The number of hydrogen-bond donors (Lipinski definition) is 2. The Bertz CT molecular complexity index is 1240. The minimum atomic E-state index is -3.97. The first kappa shape index (κ1) is 21.7. The van der Waals surface area contributed by atoms with E-state index in [2.05, 4.69) is 15.1 Å². The molecule has 32 heavy (non-hydrogen) atoms. The molecule has 1 aliphatic carbocycles. The maximum absolute atomic E-state index is 13.0. The summed E-state index contributed by atoms with van der Waals surface area (Å²) in [6, 6.07) is 11.0. The fourth-order valence-corrected chi connectivity index (χ4v) is 4.81. The first-order chi connectivity index (χ1) is 15.3. The zero-order valence-corrected chi connectivity index (χ0v) is 18.7. The molecule has 0 saturated heterocycles. The number of anilines is 2. The Morgan fingerprint density at radius 3 is 2.44 bits per heavy atom. The number of aryl methyl sites for hydroxylation is 1. The van der Waals surface area contributed by atoms with Gasteiger partial charge < -0.3 is 14.8 Å². The molecule has 2 aromatic carbocycles. The lowest BCUT2D eigenvalue weighted by Gasteiger charge is -2.14. The van der Waals surface area contributed by atoms with Crippen molar-refractivity contribution in [1.82, 2.24) is 9.78 Å². The van der Waals surface area contributed by atoms with E-state index in [0.717, 1.165) is 12.0 Å². The van der Waals surface area contributed by atoms with E-state index in [1.165, 1.54) is 26.4 Å². The molecule has 10 heteroatoms. The third-order valence-electron chi connectivity index (χ3n) is 5.34. The van der Waals surface area contributed by atoms with Gasteiger partial charge >= 0.3 is 0 Å². The van der Waals surface area contributed by atoms with E-state index < -0.39 is 10.0 Å². The van der Waals surface area contributed by atoms with Crippen molar-refractivity contribution in [3.63, 3.8) is 0 Å². The molecule has 2 unspecified atom stereocenters. The van der Waals surface area contributed by atoms with Crippen LogP contribution >= 0.6 is 0 Å². The quantitative estimate of drug-likeness (QED) is 0.539. The number of rotatable bonds is 8. The predicted molar refractivity (Wildman–Crippen MR) is 119 cm³/mol. The molecule has 1 saturated carbocycles. The lowest BCUT2D eigenvalue weighted by molar-refractivity contribution is -0.117. The van der Waals surface area contributed by atoms with Gasteiger partial charge in [-0.1, -0.05) is 0 Å². The van der Waals surface area contributed by atoms with E-state index in [9.17, 15) is 13.2 Å². The molecule has 168 valence electrons. The van der Waals surface area contributed by atoms with E-state index in [1.807, 2.05) is 13.2 Å². The Kier molecular flexibility index (Phi) is 5.79. The number of hydrogen-bond acceptors (Lipinski definition) is 6. The molecule has 2 atom stereocenters. The summed E-state index contributed by atoms with van der Waals surface area (Å²) in [7, 11) is 0.790. The van der Waals surface area contributed by atoms with Crippen LogP contribution in [0.25, 0.3) is 0 Å². The normalized spacial score (nSPS) is 17.5. The Morgan fingerprint density at radius 2 is 1.81 bits per heavy atom. The molecule has 1 aromatic heterocycles. The fourth-order valence-electron chi connectivity index (χ4n) is 3.55. The number of methoxy groups -OCH3 is 2. The third-order valence-corrected chi connectivity index (χ3v) is 6.75. The molecule has 0 aliphatic heterocycles. The summed E-state index contributed by atoms with van der Waals surface area (Å²) in [5.74, 6) is 0.583. The first-order valence-electron chi connectivity index (χ1n) is 9.95. The van der Waals surface area contributed by atoms with Crippen molar-refractivity contribution in [2.45, 2.75) is 17.2 Å². The lowest BCUT2D eigenvalue weighted by atomic mass is 10.2. The second-order valence-electron chi connectivity index (χ2n) is 7.58. The number of amides is 1. The molecule has 1 fully saturated rings. The van der Waals surface area contributed by atoms with Crippen molar-refractivity contribution in [1.29, 1.82) is 0 Å². The molecule has 1 amide bonds. The Labute approximate surface area is 186 Å². The minimum absolute atomic E-state index is 0.0757. The van der Waals surface area contributed by atoms with Gasteiger partial charge in [0, 0.05) is 30.5 Å². The van der Waals surface area contributed by atoms with E-state index >= 15 is 0 Å². The van der Waals surface area contributed by atoms with Gasteiger partial charge in [-0.25, -0.2) is 8.42 Å². The van der Waals surface area contributed by atoms with Crippen molar-refractivity contribution in [3.05, 3.63) is 60.4 Å². The molecule has 0 bridgehead atoms. The Hall–Kier alpha value is -3.53. The van der Waals surface area contributed by atoms with Gasteiger partial charge in [-0.15, -0.1) is 0 Å². The van der Waals surface area contributed by atoms with Gasteiger partial charge in [-0.2, -0.15) is 5.10 Å². The van der Waals surface area contributed by atoms with Crippen molar-refractivity contribution in [2.24, 2.45) is 13.0 Å². The van der Waals surface area contributed by atoms with Crippen LogP contribution < -0.4 is 19.5 Å². The highest BCUT2D eigenvalue weighted by molar-refractivity contribution is 7.92. The summed E-state index contributed by atoms with van der Waals surface area (Å²) in [6.45, 7) is 0. The van der Waals surface area contributed by atoms with Crippen molar-refractivity contribution >= 4 is 27.3 Å². The van der Waals surface area contributed by atoms with E-state index in [1.54, 1.807) is 41.2 Å². The van der Waals surface area contributed by atoms with E-state index in [4.69, 9.17) is 9.47 Å². The number of ether oxygens (including phenoxy) is 2. The highest BCUT2D eigenvalue weighted by Crippen LogP contribution is 2.48. The van der Waals surface area contributed by atoms with Crippen molar-refractivity contribution in [3.8, 4) is 11.5 Å². The zero-order valence-electron chi connectivity index (χ0n) is 17.9. The summed E-state index contributed by atoms with van der Waals surface area (Å²) < 4.78 is 40.6. The predicted octanol–water partition coefficient (Wildman–Crippen LogP) is 2.98. The summed E-state index contributed by atoms with van der Waals surface area (Å²) in [5.41, 5.74) is 1.77. The highest BCUT2D eigenvalue weighted by Gasteiger charge is 2.44. The van der Waals surface area contributed by atoms with Gasteiger partial charge in [0.15, 0.2) is 0 Å². The number of aromatic nitrogens is 2. The maximum Gasteiger partial charge on any atom is 0.265 e. The fraction of sp³-hybridized carbons (Fsp3) is 0.273. The van der Waals surface area contributed by atoms with Crippen molar-refractivity contribution < 1.29 is 22.7 Å². The van der Waals surface area contributed by atoms with Gasteiger partial charge in [-0.3, -0.25) is 14.2 Å². The molecule has 0 spiro atoms. The Balaban J connectivity index is 1.51. The second-order valence-corrected chi connectivity index (χ2v) is 9.24. The van der Waals surface area contributed by atoms with Crippen molar-refractivity contribution in [2.75, 3.05) is 24.3 Å². The van der Waals surface area contributed by atoms with Crippen LogP contribution in [-0.4, -0.2) is 38.3 Å². The Morgan fingerprint density at radius 1 is 1.09 bits per heavy atom. The van der Waals surface area contributed by atoms with E-state index in [-0.39, 0.29) is 28.4 Å². The summed E-state index contributed by atoms with van der Waals surface area (Å²) in [6.07, 6.45) is 4.40. The van der Waals surface area contributed by atoms with Gasteiger partial charge in [0.1, 0.15) is 16.4 Å². The smallest absolute Gasteiger partial charge is 0.265 e. The van der Waals surface area contributed by atoms with Crippen LogP contribution in [0.5, 0.6) is 11.5 Å². The van der Waals surface area contributed by atoms with Crippen LogP contribution in [-0.2, 0) is 21.9 Å². The molecular formula is C22H24N4O5S. The van der Waals surface area contributed by atoms with Gasteiger partial charge in [0.05, 0.1) is 20.4 Å². The van der Waals surface area contributed by atoms with Crippen LogP contribution in [0.3, 0.4) is 0 Å². The zero-order chi connectivity index (χ0) is 22.9. The number of carbonyl (C=O) groups is 1. The summed E-state index contributed by atoms with van der Waals surface area (Å²) >= 11 is 0. The number of benzene rings is 2. The average molecular weight is 457 g/mol. The topological polar surface area (TPSA) is 112 Å². The molecule has 2 N–H and O–H groups in total. The molecule has 4 rings (SSSR count). The van der Waals surface area contributed by atoms with Crippen LogP contribution in [0.2, 0.25) is 0 Å². The standard InChI is InChI=1S/C22H24N4O5S/c1-26-13-14(12-23-26)18-11-19(18)22(27)24-16-6-9-20(31-3)21(10-16)32(28,29)25-15-4-7-17(30-2)8-5-15/h4-10,12-13,18-19,25H,11H2,1-3H3,(H,24,27). The van der Waals surface area contributed by atoms with Gasteiger partial charge in [0.25, 0.3) is 10.0 Å². The third kappa shape index (κ3) is 4.54. The van der Waals surface area contributed by atoms with Crippen LogP contribution in [0, 0.1) is 5.92 Å². The average Bonchev–Trinajstić information content (AvgIpc) is 3.47. The van der Waals surface area contributed by atoms with Crippen LogP contribution in [0.4, 0.5) is 11.4 Å². The summed E-state index contributed by atoms with van der Waals surface area (Å²) in [5, 5.41) is 6.97. The maximum atomic E-state index is 13.0. The van der Waals surface area contributed by atoms with Gasteiger partial charge in [-0.05, 0) is 60.4 Å². The lowest BCUT2D eigenvalue weighted by Crippen LogP contribution is -2.17. The van der Waals surface area contributed by atoms with E-state index in [0.29, 0.717) is 17.1 Å². The number of nitrogens with one attached hydrogen (secondary N) is 2. The summed E-state index contributed by atoms with van der Waals surface area (Å²) in [4.78, 5) is 12.6. The number of carbonyl (C=O) groups excluding carboxylic acids is 1. The molecule has 9 nitrogen and oxygen atoms in total. The highest BCUT2D eigenvalue weighted by atomic mass is 32.2. The van der Waals surface area contributed by atoms with Crippen LogP contribution in [0.1, 0.15) is 17.9 Å². The monoisotopic (exact) mass is 456 g/mol. The largest absolute Gasteiger partial charge is 0.497 e. The second kappa shape index (κ2) is 8.54. The van der Waals surface area contributed by atoms with Crippen LogP contribution in [0.15, 0.2) is 59.8 Å². The molecular weight excluding hydrogens is 432 g/mol. The molecule has 1 aliphatic rings. The SMILES string of the molecule is COc1ccc(NS(=O)(=O)c2cc(NC(=O)C3CC3c3cnn(C)c3)ccc2OC)cc1.